The highest BCUT2D eigenvalue weighted by molar-refractivity contribution is 5.79. The molecule has 1 aliphatic heterocycles. The van der Waals surface area contributed by atoms with E-state index < -0.39 is 11.6 Å². The Morgan fingerprint density at radius 2 is 2.08 bits per heavy atom. The molecular formula is C20H23F2N3O. The van der Waals surface area contributed by atoms with E-state index in [0.717, 1.165) is 56.2 Å². The molecule has 1 aliphatic rings. The van der Waals surface area contributed by atoms with Crippen LogP contribution >= 0.6 is 0 Å². The van der Waals surface area contributed by atoms with Gasteiger partial charge in [0.25, 0.3) is 0 Å². The molecule has 2 heterocycles. The molecule has 1 N–H and O–H groups in total. The van der Waals surface area contributed by atoms with Gasteiger partial charge in [-0.25, -0.2) is 8.78 Å². The minimum absolute atomic E-state index is 0.0659. The summed E-state index contributed by atoms with van der Waals surface area (Å²) >= 11 is 0. The number of rotatable bonds is 5. The van der Waals surface area contributed by atoms with Crippen LogP contribution in [0.2, 0.25) is 0 Å². The van der Waals surface area contributed by atoms with E-state index in [9.17, 15) is 13.6 Å². The monoisotopic (exact) mass is 359 g/mol. The molecule has 1 saturated heterocycles. The van der Waals surface area contributed by atoms with Gasteiger partial charge in [-0.15, -0.1) is 0 Å². The van der Waals surface area contributed by atoms with Crippen molar-refractivity contribution in [1.82, 2.24) is 15.2 Å². The zero-order chi connectivity index (χ0) is 18.4. The van der Waals surface area contributed by atoms with Crippen LogP contribution in [0.25, 0.3) is 0 Å². The first-order valence-electron chi connectivity index (χ1n) is 8.97. The second-order valence-electron chi connectivity index (χ2n) is 6.59. The van der Waals surface area contributed by atoms with Gasteiger partial charge in [-0.3, -0.25) is 9.78 Å². The smallest absolute Gasteiger partial charge is 0.227 e. The van der Waals surface area contributed by atoms with E-state index in [1.165, 1.54) is 0 Å². The summed E-state index contributed by atoms with van der Waals surface area (Å²) in [4.78, 5) is 19.1. The Labute approximate surface area is 152 Å². The number of amides is 1. The van der Waals surface area contributed by atoms with Crippen LogP contribution in [-0.2, 0) is 17.8 Å². The maximum absolute atomic E-state index is 14.0. The van der Waals surface area contributed by atoms with Gasteiger partial charge >= 0.3 is 0 Å². The van der Waals surface area contributed by atoms with Gasteiger partial charge < -0.3 is 10.2 Å². The first-order chi connectivity index (χ1) is 12.6. The van der Waals surface area contributed by atoms with Crippen molar-refractivity contribution in [1.29, 1.82) is 0 Å². The van der Waals surface area contributed by atoms with Crippen LogP contribution in [0.15, 0.2) is 42.6 Å². The molecule has 2 aromatic rings. The largest absolute Gasteiger partial charge is 0.333 e. The topological polar surface area (TPSA) is 45.2 Å². The molecule has 3 rings (SSSR count). The van der Waals surface area contributed by atoms with Crippen LogP contribution in [0.5, 0.6) is 0 Å². The van der Waals surface area contributed by atoms with E-state index in [2.05, 4.69) is 10.3 Å². The number of aromatic nitrogens is 1. The van der Waals surface area contributed by atoms with Gasteiger partial charge in [-0.2, -0.15) is 0 Å². The second kappa shape index (κ2) is 8.85. The highest BCUT2D eigenvalue weighted by atomic mass is 19.1. The van der Waals surface area contributed by atoms with Crippen molar-refractivity contribution in [2.45, 2.75) is 38.3 Å². The number of hydrogen-bond donors (Lipinski definition) is 1. The molecule has 0 radical (unpaired) electrons. The van der Waals surface area contributed by atoms with E-state index >= 15 is 0 Å². The molecule has 26 heavy (non-hydrogen) atoms. The molecular weight excluding hydrogens is 336 g/mol. The zero-order valence-electron chi connectivity index (χ0n) is 14.6. The van der Waals surface area contributed by atoms with Crippen LogP contribution < -0.4 is 5.32 Å². The Bertz CT molecular complexity index is 731. The van der Waals surface area contributed by atoms with Crippen LogP contribution in [0.4, 0.5) is 8.78 Å². The number of carbonyl (C=O) groups excluding carboxylic acids is 1. The third-order valence-electron chi connectivity index (χ3n) is 4.71. The molecule has 6 heteroatoms. The standard InChI is InChI=1S/C20H23F2N3O/c21-16-6-7-19(22)15(12-16)13-20(26)25(14-17-4-1-2-10-24-17)18-5-3-9-23-11-8-18/h1-2,4,6-7,10,12,18,23H,3,5,8-9,11,13-14H2. The SMILES string of the molecule is O=C(Cc1cc(F)ccc1F)N(Cc1ccccn1)C1CCCNCC1. The van der Waals surface area contributed by atoms with Gasteiger partial charge in [0.1, 0.15) is 11.6 Å². The molecule has 4 nitrogen and oxygen atoms in total. The Hall–Kier alpha value is -2.34. The van der Waals surface area contributed by atoms with Crippen LogP contribution in [-0.4, -0.2) is 34.9 Å². The highest BCUT2D eigenvalue weighted by Gasteiger charge is 2.26. The van der Waals surface area contributed by atoms with Gasteiger partial charge in [0.05, 0.1) is 18.7 Å². The summed E-state index contributed by atoms with van der Waals surface area (Å²) in [6.45, 7) is 2.15. The molecule has 0 aliphatic carbocycles. The summed E-state index contributed by atoms with van der Waals surface area (Å²) in [6, 6.07) is 8.87. The maximum atomic E-state index is 14.0. The molecule has 1 unspecified atom stereocenters. The molecule has 0 bridgehead atoms. The summed E-state index contributed by atoms with van der Waals surface area (Å²) in [5.41, 5.74) is 0.880. The predicted molar refractivity (Wildman–Crippen MR) is 95.4 cm³/mol. The highest BCUT2D eigenvalue weighted by Crippen LogP contribution is 2.19. The van der Waals surface area contributed by atoms with Crippen molar-refractivity contribution in [2.24, 2.45) is 0 Å². The quantitative estimate of drug-likeness (QED) is 0.892. The number of pyridine rings is 1. The summed E-state index contributed by atoms with van der Waals surface area (Å²) in [7, 11) is 0. The van der Waals surface area contributed by atoms with E-state index in [0.29, 0.717) is 6.54 Å². The van der Waals surface area contributed by atoms with Gasteiger partial charge in [0.15, 0.2) is 0 Å². The van der Waals surface area contributed by atoms with E-state index in [1.807, 2.05) is 18.2 Å². The van der Waals surface area contributed by atoms with Gasteiger partial charge in [-0.05, 0) is 62.7 Å². The molecule has 1 aromatic heterocycles. The molecule has 1 amide bonds. The minimum Gasteiger partial charge on any atom is -0.333 e. The normalized spacial score (nSPS) is 17.5. The minimum atomic E-state index is -0.555. The van der Waals surface area contributed by atoms with Crippen molar-refractivity contribution >= 4 is 5.91 Å². The first-order valence-corrected chi connectivity index (χ1v) is 8.97. The van der Waals surface area contributed by atoms with E-state index in [4.69, 9.17) is 0 Å². The first kappa shape index (κ1) is 18.5. The van der Waals surface area contributed by atoms with Crippen LogP contribution in [0.1, 0.15) is 30.5 Å². The summed E-state index contributed by atoms with van der Waals surface area (Å²) in [6.07, 6.45) is 4.24. The third kappa shape index (κ3) is 4.85. The molecule has 1 aromatic carbocycles. The van der Waals surface area contributed by atoms with E-state index in [-0.39, 0.29) is 23.9 Å². The van der Waals surface area contributed by atoms with Crippen molar-refractivity contribution in [3.8, 4) is 0 Å². The Morgan fingerprint density at radius 3 is 2.88 bits per heavy atom. The third-order valence-corrected chi connectivity index (χ3v) is 4.71. The lowest BCUT2D eigenvalue weighted by Gasteiger charge is -2.31. The fraction of sp³-hybridized carbons (Fsp3) is 0.400. The average Bonchev–Trinajstić information content (AvgIpc) is 2.93. The zero-order valence-corrected chi connectivity index (χ0v) is 14.6. The Balaban J connectivity index is 1.81. The lowest BCUT2D eigenvalue weighted by Crippen LogP contribution is -2.41. The summed E-state index contributed by atoms with van der Waals surface area (Å²) < 4.78 is 27.4. The molecule has 1 atom stereocenters. The fourth-order valence-corrected chi connectivity index (χ4v) is 3.34. The average molecular weight is 359 g/mol. The molecule has 1 fully saturated rings. The predicted octanol–water partition coefficient (Wildman–Crippen LogP) is 3.07. The van der Waals surface area contributed by atoms with Crippen molar-refractivity contribution < 1.29 is 13.6 Å². The van der Waals surface area contributed by atoms with Gasteiger partial charge in [0, 0.05) is 17.8 Å². The Morgan fingerprint density at radius 1 is 1.19 bits per heavy atom. The second-order valence-corrected chi connectivity index (χ2v) is 6.59. The lowest BCUT2D eigenvalue weighted by molar-refractivity contribution is -0.133. The fourth-order valence-electron chi connectivity index (χ4n) is 3.34. The number of nitrogens with one attached hydrogen (secondary N) is 1. The van der Waals surface area contributed by atoms with Crippen LogP contribution in [0.3, 0.4) is 0 Å². The number of halogens is 2. The molecule has 0 spiro atoms. The number of carbonyl (C=O) groups is 1. The summed E-state index contributed by atoms with van der Waals surface area (Å²) in [5.74, 6) is -1.30. The van der Waals surface area contributed by atoms with Gasteiger partial charge in [-0.1, -0.05) is 6.07 Å². The van der Waals surface area contributed by atoms with E-state index in [1.54, 1.807) is 11.1 Å². The van der Waals surface area contributed by atoms with Crippen molar-refractivity contribution in [3.63, 3.8) is 0 Å². The summed E-state index contributed by atoms with van der Waals surface area (Å²) in [5, 5.41) is 3.34. The number of benzene rings is 1. The van der Waals surface area contributed by atoms with Gasteiger partial charge in [0.2, 0.25) is 5.91 Å². The van der Waals surface area contributed by atoms with Crippen molar-refractivity contribution in [3.05, 3.63) is 65.5 Å². The maximum Gasteiger partial charge on any atom is 0.227 e. The Kier molecular flexibility index (Phi) is 6.28. The molecule has 138 valence electrons. The van der Waals surface area contributed by atoms with Crippen LogP contribution in [0, 0.1) is 11.6 Å². The lowest BCUT2D eigenvalue weighted by atomic mass is 10.0. The number of hydrogen-bond acceptors (Lipinski definition) is 3. The number of nitrogens with zero attached hydrogens (tertiary/aromatic N) is 2. The van der Waals surface area contributed by atoms with Crippen molar-refractivity contribution in [2.75, 3.05) is 13.1 Å². The molecule has 0 saturated carbocycles.